The summed E-state index contributed by atoms with van der Waals surface area (Å²) in [7, 11) is 0. The lowest BCUT2D eigenvalue weighted by Crippen LogP contribution is -2.26. The third-order valence-electron chi connectivity index (χ3n) is 4.28. The fraction of sp³-hybridized carbons (Fsp3) is 0.667. The highest BCUT2D eigenvalue weighted by Crippen LogP contribution is 2.20. The monoisotopic (exact) mass is 274 g/mol. The van der Waals surface area contributed by atoms with Crippen LogP contribution in [0.4, 0.5) is 0 Å². The molecule has 0 radical (unpaired) electrons. The fourth-order valence-electron chi connectivity index (χ4n) is 2.97. The molecule has 0 saturated carbocycles. The Hall–Kier alpha value is -0.860. The van der Waals surface area contributed by atoms with Crippen LogP contribution in [0.1, 0.15) is 50.7 Å². The zero-order valence-electron chi connectivity index (χ0n) is 13.4. The lowest BCUT2D eigenvalue weighted by molar-refractivity contribution is 0.314. The molecule has 1 aliphatic rings. The number of hydrogen-bond donors (Lipinski definition) is 1. The molecule has 1 heterocycles. The van der Waals surface area contributed by atoms with Crippen molar-refractivity contribution in [3.63, 3.8) is 0 Å². The van der Waals surface area contributed by atoms with Crippen LogP contribution in [0.15, 0.2) is 24.3 Å². The first-order valence-electron chi connectivity index (χ1n) is 8.21. The van der Waals surface area contributed by atoms with Crippen LogP contribution in [0.25, 0.3) is 0 Å². The second-order valence-electron chi connectivity index (χ2n) is 6.49. The normalized spacial score (nSPS) is 19.9. The predicted molar refractivity (Wildman–Crippen MR) is 87.1 cm³/mol. The molecule has 1 aromatic carbocycles. The van der Waals surface area contributed by atoms with Crippen LogP contribution in [0.2, 0.25) is 0 Å². The molecule has 1 atom stereocenters. The Balaban J connectivity index is 1.77. The SMILES string of the molecule is CCCNCC1CCN(Cc2ccc(C(C)C)cc2)C1. The van der Waals surface area contributed by atoms with E-state index in [1.807, 2.05) is 0 Å². The van der Waals surface area contributed by atoms with Gasteiger partial charge in [0, 0.05) is 13.1 Å². The van der Waals surface area contributed by atoms with Crippen molar-refractivity contribution >= 4 is 0 Å². The van der Waals surface area contributed by atoms with E-state index in [0.717, 1.165) is 19.0 Å². The molecule has 1 unspecified atom stereocenters. The van der Waals surface area contributed by atoms with Gasteiger partial charge in [0.2, 0.25) is 0 Å². The van der Waals surface area contributed by atoms with Crippen molar-refractivity contribution in [3.05, 3.63) is 35.4 Å². The zero-order valence-corrected chi connectivity index (χ0v) is 13.4. The fourth-order valence-corrected chi connectivity index (χ4v) is 2.97. The van der Waals surface area contributed by atoms with Gasteiger partial charge >= 0.3 is 0 Å². The van der Waals surface area contributed by atoms with E-state index in [-0.39, 0.29) is 0 Å². The molecule has 20 heavy (non-hydrogen) atoms. The molecule has 112 valence electrons. The van der Waals surface area contributed by atoms with Gasteiger partial charge in [-0.05, 0) is 55.4 Å². The largest absolute Gasteiger partial charge is 0.316 e. The first kappa shape index (κ1) is 15.5. The second kappa shape index (κ2) is 7.80. The number of likely N-dealkylation sites (tertiary alicyclic amines) is 1. The Morgan fingerprint density at radius 2 is 2.00 bits per heavy atom. The lowest BCUT2D eigenvalue weighted by Gasteiger charge is -2.17. The highest BCUT2D eigenvalue weighted by atomic mass is 15.1. The third-order valence-corrected chi connectivity index (χ3v) is 4.28. The lowest BCUT2D eigenvalue weighted by atomic mass is 10.0. The summed E-state index contributed by atoms with van der Waals surface area (Å²) in [6.45, 7) is 12.7. The number of benzene rings is 1. The average molecular weight is 274 g/mol. The molecule has 0 aliphatic carbocycles. The zero-order chi connectivity index (χ0) is 14.4. The molecule has 2 nitrogen and oxygen atoms in total. The number of hydrogen-bond acceptors (Lipinski definition) is 2. The van der Waals surface area contributed by atoms with Crippen molar-refractivity contribution in [3.8, 4) is 0 Å². The molecule has 0 aromatic heterocycles. The van der Waals surface area contributed by atoms with Gasteiger partial charge in [-0.2, -0.15) is 0 Å². The first-order chi connectivity index (χ1) is 9.69. The minimum absolute atomic E-state index is 0.629. The summed E-state index contributed by atoms with van der Waals surface area (Å²) in [6, 6.07) is 9.18. The van der Waals surface area contributed by atoms with Gasteiger partial charge in [-0.15, -0.1) is 0 Å². The molecule has 2 rings (SSSR count). The molecule has 1 N–H and O–H groups in total. The van der Waals surface area contributed by atoms with E-state index in [4.69, 9.17) is 0 Å². The summed E-state index contributed by atoms with van der Waals surface area (Å²) in [4.78, 5) is 2.60. The van der Waals surface area contributed by atoms with Crippen molar-refractivity contribution in [1.29, 1.82) is 0 Å². The van der Waals surface area contributed by atoms with E-state index in [1.165, 1.54) is 43.6 Å². The molecule has 1 fully saturated rings. The standard InChI is InChI=1S/C18H30N2/c1-4-10-19-12-17-9-11-20(14-17)13-16-5-7-18(8-6-16)15(2)3/h5-8,15,17,19H,4,9-14H2,1-3H3. The van der Waals surface area contributed by atoms with Crippen LogP contribution in [0.3, 0.4) is 0 Å². The van der Waals surface area contributed by atoms with Crippen molar-refractivity contribution in [1.82, 2.24) is 10.2 Å². The molecule has 0 amide bonds. The maximum absolute atomic E-state index is 3.55. The Morgan fingerprint density at radius 3 is 2.65 bits per heavy atom. The third kappa shape index (κ3) is 4.60. The maximum Gasteiger partial charge on any atom is 0.0233 e. The van der Waals surface area contributed by atoms with Crippen LogP contribution in [0, 0.1) is 5.92 Å². The summed E-state index contributed by atoms with van der Waals surface area (Å²) in [5.41, 5.74) is 2.90. The average Bonchev–Trinajstić information content (AvgIpc) is 2.87. The molecule has 2 heteroatoms. The Kier molecular flexibility index (Phi) is 6.06. The Morgan fingerprint density at radius 1 is 1.25 bits per heavy atom. The van der Waals surface area contributed by atoms with Crippen LogP contribution in [-0.4, -0.2) is 31.1 Å². The van der Waals surface area contributed by atoms with E-state index in [9.17, 15) is 0 Å². The summed E-state index contributed by atoms with van der Waals surface area (Å²) >= 11 is 0. The van der Waals surface area contributed by atoms with Crippen LogP contribution >= 0.6 is 0 Å². The summed E-state index contributed by atoms with van der Waals surface area (Å²) in [5.74, 6) is 1.47. The van der Waals surface area contributed by atoms with Crippen molar-refractivity contribution in [2.45, 2.75) is 46.1 Å². The predicted octanol–water partition coefficient (Wildman–Crippen LogP) is 3.63. The quantitative estimate of drug-likeness (QED) is 0.764. The second-order valence-corrected chi connectivity index (χ2v) is 6.49. The molecule has 0 bridgehead atoms. The number of nitrogens with zero attached hydrogens (tertiary/aromatic N) is 1. The van der Waals surface area contributed by atoms with Crippen LogP contribution in [-0.2, 0) is 6.54 Å². The highest BCUT2D eigenvalue weighted by molar-refractivity contribution is 5.24. The minimum atomic E-state index is 0.629. The first-order valence-corrected chi connectivity index (χ1v) is 8.21. The van der Waals surface area contributed by atoms with E-state index >= 15 is 0 Å². The van der Waals surface area contributed by atoms with E-state index < -0.39 is 0 Å². The summed E-state index contributed by atoms with van der Waals surface area (Å²) in [6.07, 6.45) is 2.58. The summed E-state index contributed by atoms with van der Waals surface area (Å²) < 4.78 is 0. The maximum atomic E-state index is 3.55. The van der Waals surface area contributed by atoms with Crippen LogP contribution in [0.5, 0.6) is 0 Å². The van der Waals surface area contributed by atoms with Gasteiger partial charge in [0.05, 0.1) is 0 Å². The molecular weight excluding hydrogens is 244 g/mol. The molecule has 1 aromatic rings. The molecular formula is C18H30N2. The van der Waals surface area contributed by atoms with Gasteiger partial charge in [-0.1, -0.05) is 45.0 Å². The Labute approximate surface area is 124 Å². The van der Waals surface area contributed by atoms with Gasteiger partial charge in [-0.3, -0.25) is 4.90 Å². The van der Waals surface area contributed by atoms with Gasteiger partial charge < -0.3 is 5.32 Å². The van der Waals surface area contributed by atoms with Crippen molar-refractivity contribution in [2.24, 2.45) is 5.92 Å². The number of rotatable bonds is 7. The van der Waals surface area contributed by atoms with E-state index in [2.05, 4.69) is 55.3 Å². The van der Waals surface area contributed by atoms with Gasteiger partial charge in [-0.25, -0.2) is 0 Å². The Bertz CT molecular complexity index is 383. The van der Waals surface area contributed by atoms with Crippen molar-refractivity contribution < 1.29 is 0 Å². The summed E-state index contributed by atoms with van der Waals surface area (Å²) in [5, 5.41) is 3.55. The molecule has 1 aliphatic heterocycles. The number of nitrogens with one attached hydrogen (secondary N) is 1. The van der Waals surface area contributed by atoms with Gasteiger partial charge in [0.1, 0.15) is 0 Å². The van der Waals surface area contributed by atoms with Gasteiger partial charge in [0.25, 0.3) is 0 Å². The highest BCUT2D eigenvalue weighted by Gasteiger charge is 2.21. The van der Waals surface area contributed by atoms with Gasteiger partial charge in [0.15, 0.2) is 0 Å². The van der Waals surface area contributed by atoms with E-state index in [0.29, 0.717) is 5.92 Å². The van der Waals surface area contributed by atoms with Crippen LogP contribution < -0.4 is 5.32 Å². The smallest absolute Gasteiger partial charge is 0.0233 e. The van der Waals surface area contributed by atoms with Crippen molar-refractivity contribution in [2.75, 3.05) is 26.2 Å². The topological polar surface area (TPSA) is 15.3 Å². The minimum Gasteiger partial charge on any atom is -0.316 e. The molecule has 0 spiro atoms. The van der Waals surface area contributed by atoms with E-state index in [1.54, 1.807) is 0 Å². The molecule has 1 saturated heterocycles.